The van der Waals surface area contributed by atoms with E-state index in [1.165, 1.54) is 12.0 Å². The van der Waals surface area contributed by atoms with Crippen LogP contribution in [0.3, 0.4) is 0 Å². The Kier molecular flexibility index (Phi) is 5.21. The van der Waals surface area contributed by atoms with Gasteiger partial charge in [0.05, 0.1) is 30.4 Å². The Bertz CT molecular complexity index is 1210. The normalized spacial score (nSPS) is 17.4. The monoisotopic (exact) mass is 411 g/mol. The average molecular weight is 411 g/mol. The van der Waals surface area contributed by atoms with Crippen LogP contribution in [0.25, 0.3) is 5.76 Å². The standard InChI is InChI=1S/C24H17N3O4/c1-31-19-8-4-17(5-9-19)22(28)20-21(16-10-12-26-13-11-16)27(24(30)23(20)29)18-6-2-15(14-25)3-7-18/h2-13,21,28H,1H3/b22-20-. The van der Waals surface area contributed by atoms with E-state index in [-0.39, 0.29) is 11.3 Å². The minimum atomic E-state index is -0.849. The van der Waals surface area contributed by atoms with E-state index in [2.05, 4.69) is 4.98 Å². The maximum Gasteiger partial charge on any atom is 0.300 e. The second kappa shape index (κ2) is 8.13. The minimum Gasteiger partial charge on any atom is -0.507 e. The van der Waals surface area contributed by atoms with Gasteiger partial charge >= 0.3 is 0 Å². The van der Waals surface area contributed by atoms with Crippen molar-refractivity contribution in [1.82, 2.24) is 4.98 Å². The molecule has 2 heterocycles. The quantitative estimate of drug-likeness (QED) is 0.400. The molecule has 0 saturated carbocycles. The number of ketones is 1. The van der Waals surface area contributed by atoms with Crippen molar-refractivity contribution in [3.05, 3.63) is 95.3 Å². The molecule has 4 rings (SSSR count). The number of anilines is 1. The Morgan fingerprint density at radius 3 is 2.26 bits per heavy atom. The number of nitrogens with zero attached hydrogens (tertiary/aromatic N) is 3. The van der Waals surface area contributed by atoms with Gasteiger partial charge < -0.3 is 9.84 Å². The third kappa shape index (κ3) is 3.51. The van der Waals surface area contributed by atoms with Gasteiger partial charge in [0.25, 0.3) is 11.7 Å². The Balaban J connectivity index is 1.90. The highest BCUT2D eigenvalue weighted by Crippen LogP contribution is 2.42. The van der Waals surface area contributed by atoms with Gasteiger partial charge in [0, 0.05) is 23.6 Å². The van der Waals surface area contributed by atoms with Crippen LogP contribution < -0.4 is 9.64 Å². The van der Waals surface area contributed by atoms with Crippen molar-refractivity contribution in [2.24, 2.45) is 0 Å². The summed E-state index contributed by atoms with van der Waals surface area (Å²) in [6.45, 7) is 0. The zero-order valence-electron chi connectivity index (χ0n) is 16.5. The molecule has 1 atom stereocenters. The zero-order valence-corrected chi connectivity index (χ0v) is 16.5. The van der Waals surface area contributed by atoms with Gasteiger partial charge in [0.15, 0.2) is 0 Å². The second-order valence-corrected chi connectivity index (χ2v) is 6.84. The molecule has 1 aliphatic rings. The molecule has 3 aromatic rings. The number of methoxy groups -OCH3 is 1. The molecule has 0 bridgehead atoms. The first-order chi connectivity index (χ1) is 15.0. The number of aliphatic hydroxyl groups is 1. The van der Waals surface area contributed by atoms with Gasteiger partial charge in [-0.3, -0.25) is 19.5 Å². The van der Waals surface area contributed by atoms with Crippen molar-refractivity contribution in [2.75, 3.05) is 12.0 Å². The van der Waals surface area contributed by atoms with E-state index in [4.69, 9.17) is 10.00 Å². The summed E-state index contributed by atoms with van der Waals surface area (Å²) in [4.78, 5) is 31.4. The summed E-state index contributed by atoms with van der Waals surface area (Å²) in [7, 11) is 1.53. The minimum absolute atomic E-state index is 0.0225. The fraction of sp³-hybridized carbons (Fsp3) is 0.0833. The fourth-order valence-corrected chi connectivity index (χ4v) is 3.56. The number of hydrogen-bond acceptors (Lipinski definition) is 6. The van der Waals surface area contributed by atoms with Crippen LogP contribution in [0.1, 0.15) is 22.7 Å². The van der Waals surface area contributed by atoms with E-state index in [0.29, 0.717) is 28.1 Å². The van der Waals surface area contributed by atoms with Gasteiger partial charge in [-0.05, 0) is 66.2 Å². The molecule has 2 aromatic carbocycles. The fourth-order valence-electron chi connectivity index (χ4n) is 3.56. The third-order valence-corrected chi connectivity index (χ3v) is 5.10. The van der Waals surface area contributed by atoms with Gasteiger partial charge in [-0.25, -0.2) is 0 Å². The maximum atomic E-state index is 13.0. The predicted octanol–water partition coefficient (Wildman–Crippen LogP) is 3.59. The molecule has 31 heavy (non-hydrogen) atoms. The third-order valence-electron chi connectivity index (χ3n) is 5.10. The molecule has 1 fully saturated rings. The number of aliphatic hydroxyl groups excluding tert-OH is 1. The highest BCUT2D eigenvalue weighted by molar-refractivity contribution is 6.51. The van der Waals surface area contributed by atoms with Crippen LogP contribution in [0.15, 0.2) is 78.6 Å². The molecule has 1 unspecified atom stereocenters. The SMILES string of the molecule is COc1ccc(/C(O)=C2/C(=O)C(=O)N(c3ccc(C#N)cc3)C2c2ccncc2)cc1. The molecular formula is C24H17N3O4. The number of rotatable bonds is 4. The largest absolute Gasteiger partial charge is 0.507 e. The van der Waals surface area contributed by atoms with Crippen LogP contribution >= 0.6 is 0 Å². The average Bonchev–Trinajstić information content (AvgIpc) is 3.09. The van der Waals surface area contributed by atoms with Gasteiger partial charge in [-0.15, -0.1) is 0 Å². The lowest BCUT2D eigenvalue weighted by atomic mass is 9.95. The Hall–Kier alpha value is -4.44. The van der Waals surface area contributed by atoms with Crippen molar-refractivity contribution in [2.45, 2.75) is 6.04 Å². The van der Waals surface area contributed by atoms with Crippen molar-refractivity contribution in [3.8, 4) is 11.8 Å². The first kappa shape index (κ1) is 19.9. The lowest BCUT2D eigenvalue weighted by molar-refractivity contribution is -0.132. The van der Waals surface area contributed by atoms with E-state index in [9.17, 15) is 14.7 Å². The van der Waals surface area contributed by atoms with Crippen LogP contribution in [0.5, 0.6) is 5.75 Å². The highest BCUT2D eigenvalue weighted by atomic mass is 16.5. The van der Waals surface area contributed by atoms with Crippen molar-refractivity contribution < 1.29 is 19.4 Å². The summed E-state index contributed by atoms with van der Waals surface area (Å²) in [6.07, 6.45) is 3.11. The van der Waals surface area contributed by atoms with Crippen LogP contribution in [-0.4, -0.2) is 28.9 Å². The summed E-state index contributed by atoms with van der Waals surface area (Å²) in [5, 5.41) is 20.1. The molecular weight excluding hydrogens is 394 g/mol. The van der Waals surface area contributed by atoms with E-state index >= 15 is 0 Å². The van der Waals surface area contributed by atoms with E-state index in [1.807, 2.05) is 6.07 Å². The Morgan fingerprint density at radius 2 is 1.68 bits per heavy atom. The number of aromatic nitrogens is 1. The van der Waals surface area contributed by atoms with Crippen molar-refractivity contribution >= 4 is 23.1 Å². The first-order valence-electron chi connectivity index (χ1n) is 9.40. The lowest BCUT2D eigenvalue weighted by Crippen LogP contribution is -2.29. The zero-order chi connectivity index (χ0) is 22.0. The van der Waals surface area contributed by atoms with Crippen LogP contribution in [0, 0.1) is 11.3 Å². The molecule has 0 spiro atoms. The van der Waals surface area contributed by atoms with E-state index < -0.39 is 17.7 Å². The number of pyridine rings is 1. The van der Waals surface area contributed by atoms with Crippen LogP contribution in [-0.2, 0) is 9.59 Å². The number of amides is 1. The predicted molar refractivity (Wildman–Crippen MR) is 113 cm³/mol. The second-order valence-electron chi connectivity index (χ2n) is 6.84. The molecule has 152 valence electrons. The number of carbonyl (C=O) groups is 2. The van der Waals surface area contributed by atoms with Crippen molar-refractivity contribution in [1.29, 1.82) is 5.26 Å². The highest BCUT2D eigenvalue weighted by Gasteiger charge is 2.46. The molecule has 1 N–H and O–H groups in total. The molecule has 1 amide bonds. The van der Waals surface area contributed by atoms with Crippen molar-refractivity contribution in [3.63, 3.8) is 0 Å². The van der Waals surface area contributed by atoms with E-state index in [0.717, 1.165) is 0 Å². The first-order valence-corrected chi connectivity index (χ1v) is 9.40. The molecule has 7 nitrogen and oxygen atoms in total. The lowest BCUT2D eigenvalue weighted by Gasteiger charge is -2.25. The number of hydrogen-bond donors (Lipinski definition) is 1. The molecule has 7 heteroatoms. The molecule has 1 aromatic heterocycles. The maximum absolute atomic E-state index is 13.0. The molecule has 1 aliphatic heterocycles. The summed E-state index contributed by atoms with van der Waals surface area (Å²) in [6, 6.07) is 17.5. The van der Waals surface area contributed by atoms with Gasteiger partial charge in [0.1, 0.15) is 11.5 Å². The van der Waals surface area contributed by atoms with Gasteiger partial charge in [-0.1, -0.05) is 0 Å². The summed E-state index contributed by atoms with van der Waals surface area (Å²) >= 11 is 0. The topological polar surface area (TPSA) is 104 Å². The number of nitriles is 1. The Morgan fingerprint density at radius 1 is 1.03 bits per heavy atom. The number of carbonyl (C=O) groups excluding carboxylic acids is 2. The van der Waals surface area contributed by atoms with Crippen LogP contribution in [0.4, 0.5) is 5.69 Å². The van der Waals surface area contributed by atoms with E-state index in [1.54, 1.807) is 73.1 Å². The molecule has 1 saturated heterocycles. The summed E-state index contributed by atoms with van der Waals surface area (Å²) in [5.74, 6) is -1.24. The Labute approximate surface area is 178 Å². The summed E-state index contributed by atoms with van der Waals surface area (Å²) < 4.78 is 5.14. The van der Waals surface area contributed by atoms with Gasteiger partial charge in [0.2, 0.25) is 0 Å². The van der Waals surface area contributed by atoms with Crippen LogP contribution in [0.2, 0.25) is 0 Å². The number of Topliss-reactive ketones (excluding diaryl/α,β-unsaturated/α-hetero) is 1. The molecule has 0 aliphatic carbocycles. The van der Waals surface area contributed by atoms with Gasteiger partial charge in [-0.2, -0.15) is 5.26 Å². The summed E-state index contributed by atoms with van der Waals surface area (Å²) in [5.41, 5.74) is 1.85. The number of benzene rings is 2. The number of ether oxygens (including phenoxy) is 1. The molecule has 0 radical (unpaired) electrons. The smallest absolute Gasteiger partial charge is 0.300 e.